The molecule has 3 aliphatic rings. The molecule has 0 radical (unpaired) electrons. The minimum atomic E-state index is -0.913. The number of Topliss-reactive ketones (excluding diaryl/α,β-unsaturated/α-hetero) is 1. The topological polar surface area (TPSA) is 70.0 Å². The number of hydrogen-bond donors (Lipinski definition) is 0. The molecule has 2 aromatic rings. The maximum absolute atomic E-state index is 13.3. The number of amides is 2. The van der Waals surface area contributed by atoms with Gasteiger partial charge in [0.15, 0.2) is 5.78 Å². The smallest absolute Gasteiger partial charge is 0.236 e. The molecule has 7 heteroatoms. The molecule has 0 saturated carbocycles. The van der Waals surface area contributed by atoms with Crippen molar-refractivity contribution in [2.45, 2.75) is 18.6 Å². The van der Waals surface area contributed by atoms with Gasteiger partial charge < -0.3 is 0 Å². The second-order valence-corrected chi connectivity index (χ2v) is 7.64. The second kappa shape index (κ2) is 7.02. The zero-order chi connectivity index (χ0) is 20.8. The molecule has 0 N–H and O–H groups in total. The molecule has 4 atom stereocenters. The fourth-order valence-corrected chi connectivity index (χ4v) is 4.61. The molecular formula is C23H18FN3O3. The first kappa shape index (κ1) is 18.4. The van der Waals surface area contributed by atoms with Crippen molar-refractivity contribution in [1.29, 1.82) is 0 Å². The Kier molecular flexibility index (Phi) is 4.31. The van der Waals surface area contributed by atoms with Crippen molar-refractivity contribution >= 4 is 23.8 Å². The Balaban J connectivity index is 1.52. The number of carbonyl (C=O) groups excluding carboxylic acids is 3. The zero-order valence-electron chi connectivity index (χ0n) is 15.9. The molecule has 0 bridgehead atoms. The summed E-state index contributed by atoms with van der Waals surface area (Å²) in [6, 6.07) is 13.1. The van der Waals surface area contributed by atoms with Crippen LogP contribution >= 0.6 is 0 Å². The first-order chi connectivity index (χ1) is 14.6. The number of ketones is 1. The molecule has 0 spiro atoms. The first-order valence-corrected chi connectivity index (χ1v) is 9.74. The van der Waals surface area contributed by atoms with Crippen molar-refractivity contribution in [2.75, 3.05) is 0 Å². The van der Waals surface area contributed by atoms with Crippen LogP contribution < -0.4 is 0 Å². The fraction of sp³-hybridized carbons (Fsp3) is 0.217. The molecule has 6 nitrogen and oxygen atoms in total. The molecule has 150 valence electrons. The Bertz CT molecular complexity index is 1080. The number of nitrogens with zero attached hydrogens (tertiary/aromatic N) is 3. The molecule has 2 fully saturated rings. The van der Waals surface area contributed by atoms with E-state index < -0.39 is 29.7 Å². The molecule has 5 rings (SSSR count). The fourth-order valence-electron chi connectivity index (χ4n) is 4.61. The summed E-state index contributed by atoms with van der Waals surface area (Å²) in [7, 11) is 0. The van der Waals surface area contributed by atoms with Gasteiger partial charge in [-0.15, -0.1) is 0 Å². The van der Waals surface area contributed by atoms with Crippen LogP contribution in [0.5, 0.6) is 0 Å². The van der Waals surface area contributed by atoms with Crippen molar-refractivity contribution in [3.8, 4) is 0 Å². The van der Waals surface area contributed by atoms with Gasteiger partial charge >= 0.3 is 0 Å². The molecule has 0 aromatic heterocycles. The van der Waals surface area contributed by atoms with E-state index in [2.05, 4.69) is 5.10 Å². The predicted octanol–water partition coefficient (Wildman–Crippen LogP) is 2.42. The maximum atomic E-state index is 13.3. The quantitative estimate of drug-likeness (QED) is 0.581. The number of carbonyl (C=O) groups is 3. The number of fused-ring (bicyclic) bond motifs is 3. The third-order valence-electron chi connectivity index (χ3n) is 5.96. The number of allylic oxidation sites excluding steroid dienone is 1. The number of hydrogen-bond acceptors (Lipinski definition) is 5. The molecule has 2 saturated heterocycles. The molecule has 2 aromatic carbocycles. The highest BCUT2D eigenvalue weighted by Gasteiger charge is 2.63. The van der Waals surface area contributed by atoms with Crippen molar-refractivity contribution in [3.05, 3.63) is 83.7 Å². The maximum Gasteiger partial charge on any atom is 0.236 e. The lowest BCUT2D eigenvalue weighted by Gasteiger charge is -2.30. The predicted molar refractivity (Wildman–Crippen MR) is 107 cm³/mol. The van der Waals surface area contributed by atoms with Gasteiger partial charge in [0, 0.05) is 11.8 Å². The van der Waals surface area contributed by atoms with Crippen molar-refractivity contribution in [2.24, 2.45) is 16.9 Å². The van der Waals surface area contributed by atoms with E-state index in [1.165, 1.54) is 29.2 Å². The summed E-state index contributed by atoms with van der Waals surface area (Å²) >= 11 is 0. The Morgan fingerprint density at radius 2 is 1.67 bits per heavy atom. The number of hydrazone groups is 1. The second-order valence-electron chi connectivity index (χ2n) is 7.64. The summed E-state index contributed by atoms with van der Waals surface area (Å²) < 4.78 is 13.3. The van der Waals surface area contributed by atoms with Crippen LogP contribution in [0.25, 0.3) is 0 Å². The molecule has 0 unspecified atom stereocenters. The highest BCUT2D eigenvalue weighted by molar-refractivity contribution is 6.11. The van der Waals surface area contributed by atoms with Crippen LogP contribution in [0.1, 0.15) is 15.9 Å². The van der Waals surface area contributed by atoms with Crippen LogP contribution in [0.15, 0.2) is 71.9 Å². The lowest BCUT2D eigenvalue weighted by atomic mass is 9.86. The zero-order valence-corrected chi connectivity index (χ0v) is 15.9. The third kappa shape index (κ3) is 2.77. The molecule has 30 heavy (non-hydrogen) atoms. The molecule has 2 amide bonds. The number of rotatable bonds is 4. The lowest BCUT2D eigenvalue weighted by molar-refractivity contribution is -0.142. The van der Waals surface area contributed by atoms with E-state index in [0.717, 1.165) is 5.56 Å². The molecule has 3 heterocycles. The monoisotopic (exact) mass is 403 g/mol. The molecular weight excluding hydrogens is 385 g/mol. The van der Waals surface area contributed by atoms with Crippen LogP contribution in [-0.2, 0) is 16.1 Å². The lowest BCUT2D eigenvalue weighted by Crippen LogP contribution is -2.45. The summed E-state index contributed by atoms with van der Waals surface area (Å²) in [5.74, 6) is -2.96. The van der Waals surface area contributed by atoms with Crippen molar-refractivity contribution in [1.82, 2.24) is 9.91 Å². The van der Waals surface area contributed by atoms with E-state index in [9.17, 15) is 18.8 Å². The minimum absolute atomic E-state index is 0.169. The Labute approximate surface area is 172 Å². The van der Waals surface area contributed by atoms with Crippen LogP contribution in [0.2, 0.25) is 0 Å². The molecule has 3 aliphatic heterocycles. The minimum Gasteiger partial charge on any atom is -0.292 e. The van der Waals surface area contributed by atoms with Gasteiger partial charge in [-0.3, -0.25) is 24.3 Å². The van der Waals surface area contributed by atoms with Gasteiger partial charge in [-0.1, -0.05) is 36.4 Å². The van der Waals surface area contributed by atoms with Gasteiger partial charge in [-0.2, -0.15) is 5.10 Å². The van der Waals surface area contributed by atoms with Gasteiger partial charge in [0.1, 0.15) is 11.9 Å². The van der Waals surface area contributed by atoms with E-state index in [4.69, 9.17) is 0 Å². The summed E-state index contributed by atoms with van der Waals surface area (Å²) in [6.45, 7) is 0.169. The Morgan fingerprint density at radius 1 is 0.967 bits per heavy atom. The SMILES string of the molecule is O=C(c1ccc(F)cc1)[C@H]1[C@H]2C(=O)N(Cc3ccccc3)C(=O)[C@H]2[C@@H]2C=CC=NN21. The standard InChI is InChI=1S/C23H18FN3O3/c24-16-10-8-15(9-11-16)21(28)20-19-18(17-7-4-12-25-27(17)20)22(29)26(23(19)30)13-14-5-2-1-3-6-14/h1-12,17-20H,13H2/t17-,18-,19-,20+/m0/s1. The summed E-state index contributed by atoms with van der Waals surface area (Å²) in [5, 5.41) is 5.85. The number of imide groups is 1. The Hall–Kier alpha value is -3.61. The summed E-state index contributed by atoms with van der Waals surface area (Å²) in [5.41, 5.74) is 1.13. The van der Waals surface area contributed by atoms with E-state index in [-0.39, 0.29) is 29.7 Å². The van der Waals surface area contributed by atoms with E-state index in [0.29, 0.717) is 0 Å². The number of likely N-dealkylation sites (tertiary alicyclic amines) is 1. The third-order valence-corrected chi connectivity index (χ3v) is 5.96. The van der Waals surface area contributed by atoms with Gasteiger partial charge in [-0.05, 0) is 35.9 Å². The van der Waals surface area contributed by atoms with Crippen LogP contribution in [-0.4, -0.2) is 45.8 Å². The van der Waals surface area contributed by atoms with Crippen LogP contribution in [0.3, 0.4) is 0 Å². The van der Waals surface area contributed by atoms with Gasteiger partial charge in [0.05, 0.1) is 24.4 Å². The number of benzene rings is 2. The van der Waals surface area contributed by atoms with Crippen LogP contribution in [0.4, 0.5) is 4.39 Å². The summed E-state index contributed by atoms with van der Waals surface area (Å²) in [6.07, 6.45) is 5.07. The van der Waals surface area contributed by atoms with Gasteiger partial charge in [-0.25, -0.2) is 4.39 Å². The van der Waals surface area contributed by atoms with E-state index in [1.54, 1.807) is 23.4 Å². The largest absolute Gasteiger partial charge is 0.292 e. The Morgan fingerprint density at radius 3 is 2.40 bits per heavy atom. The normalized spacial score (nSPS) is 26.8. The number of halogens is 1. The van der Waals surface area contributed by atoms with Crippen molar-refractivity contribution < 1.29 is 18.8 Å². The molecule has 0 aliphatic carbocycles. The first-order valence-electron chi connectivity index (χ1n) is 9.74. The van der Waals surface area contributed by atoms with E-state index >= 15 is 0 Å². The van der Waals surface area contributed by atoms with E-state index in [1.807, 2.05) is 30.3 Å². The summed E-state index contributed by atoms with van der Waals surface area (Å²) in [4.78, 5) is 41.2. The average molecular weight is 403 g/mol. The highest BCUT2D eigenvalue weighted by atomic mass is 19.1. The van der Waals surface area contributed by atoms with Gasteiger partial charge in [0.2, 0.25) is 11.8 Å². The highest BCUT2D eigenvalue weighted by Crippen LogP contribution is 2.45. The van der Waals surface area contributed by atoms with Gasteiger partial charge in [0.25, 0.3) is 0 Å². The van der Waals surface area contributed by atoms with Crippen LogP contribution in [0, 0.1) is 17.7 Å². The average Bonchev–Trinajstić information content (AvgIpc) is 3.23. The van der Waals surface area contributed by atoms with Crippen molar-refractivity contribution in [3.63, 3.8) is 0 Å².